The van der Waals surface area contributed by atoms with Gasteiger partial charge in [-0.3, -0.25) is 23.9 Å². The van der Waals surface area contributed by atoms with Crippen LogP contribution >= 0.6 is 0 Å². The topological polar surface area (TPSA) is 117 Å². The summed E-state index contributed by atoms with van der Waals surface area (Å²) in [5.74, 6) is -2.43. The largest absolute Gasteiger partial charge is 1.00 e. The standard InChI is InChI=1S/C23H25FN4O5.Na/c1-27(2)18(29)13-28-17-11-15(10-14-4-6-16(24)7-5-14)12-26-20(17)21(30)19(23(28)32)22(31)25-8-9-33-3;/h4-7,11-12,30H,8-10,13H2,1-3H3,(H,25,31);/q;+1/p-1. The number of halogens is 1. The molecule has 0 saturated heterocycles. The molecule has 0 aliphatic carbocycles. The van der Waals surface area contributed by atoms with E-state index in [-0.39, 0.29) is 66.1 Å². The zero-order valence-corrected chi connectivity index (χ0v) is 21.6. The van der Waals surface area contributed by atoms with E-state index in [4.69, 9.17) is 4.74 Å². The van der Waals surface area contributed by atoms with Crippen LogP contribution in [-0.2, 0) is 22.5 Å². The summed E-state index contributed by atoms with van der Waals surface area (Å²) in [6, 6.07) is 7.49. The van der Waals surface area contributed by atoms with Crippen molar-refractivity contribution in [3.05, 3.63) is 69.4 Å². The number of rotatable bonds is 8. The molecule has 2 aromatic heterocycles. The van der Waals surface area contributed by atoms with E-state index in [0.717, 1.165) is 10.1 Å². The minimum atomic E-state index is -0.877. The van der Waals surface area contributed by atoms with E-state index in [1.807, 2.05) is 0 Å². The average molecular weight is 478 g/mol. The normalized spacial score (nSPS) is 10.6. The number of fused-ring (bicyclic) bond motifs is 1. The monoisotopic (exact) mass is 478 g/mol. The first kappa shape index (κ1) is 27.5. The van der Waals surface area contributed by atoms with Crippen LogP contribution in [-0.4, -0.2) is 60.6 Å². The summed E-state index contributed by atoms with van der Waals surface area (Å²) >= 11 is 0. The number of benzene rings is 1. The van der Waals surface area contributed by atoms with Gasteiger partial charge in [0.05, 0.1) is 23.2 Å². The van der Waals surface area contributed by atoms with E-state index in [1.165, 1.54) is 44.4 Å². The van der Waals surface area contributed by atoms with Crippen molar-refractivity contribution in [3.63, 3.8) is 0 Å². The SMILES string of the molecule is COCCNC(=O)c1c([O-])c2ncc(Cc3ccc(F)cc3)cc2n(CC(=O)N(C)C)c1=O.[Na+]. The Bertz CT molecular complexity index is 1240. The number of carbonyl (C=O) groups is 2. The summed E-state index contributed by atoms with van der Waals surface area (Å²) in [7, 11) is 4.52. The first-order chi connectivity index (χ1) is 15.7. The molecular formula is C23H24FN4NaO5. The van der Waals surface area contributed by atoms with Gasteiger partial charge in [-0.2, -0.15) is 0 Å². The third-order valence-electron chi connectivity index (χ3n) is 5.05. The molecule has 0 saturated carbocycles. The molecule has 0 unspecified atom stereocenters. The van der Waals surface area contributed by atoms with Crippen molar-refractivity contribution in [2.75, 3.05) is 34.4 Å². The molecule has 0 spiro atoms. The maximum absolute atomic E-state index is 13.2. The fourth-order valence-corrected chi connectivity index (χ4v) is 3.26. The maximum atomic E-state index is 13.2. The van der Waals surface area contributed by atoms with Crippen molar-refractivity contribution in [1.29, 1.82) is 0 Å². The number of likely N-dealkylation sites (N-methyl/N-ethyl adjacent to an activating group) is 1. The number of aromatic nitrogens is 2. The van der Waals surface area contributed by atoms with E-state index >= 15 is 0 Å². The van der Waals surface area contributed by atoms with Crippen LogP contribution in [0.3, 0.4) is 0 Å². The van der Waals surface area contributed by atoms with Gasteiger partial charge < -0.3 is 20.1 Å². The Morgan fingerprint density at radius 3 is 2.50 bits per heavy atom. The molecule has 174 valence electrons. The van der Waals surface area contributed by atoms with Crippen molar-refractivity contribution in [2.24, 2.45) is 0 Å². The van der Waals surface area contributed by atoms with E-state index in [1.54, 1.807) is 18.2 Å². The van der Waals surface area contributed by atoms with Crippen LogP contribution in [0, 0.1) is 5.82 Å². The molecule has 34 heavy (non-hydrogen) atoms. The Labute approximate surface area is 217 Å². The molecule has 0 atom stereocenters. The molecule has 0 bridgehead atoms. The predicted molar refractivity (Wildman–Crippen MR) is 118 cm³/mol. The maximum Gasteiger partial charge on any atom is 1.00 e. The third-order valence-corrected chi connectivity index (χ3v) is 5.05. The van der Waals surface area contributed by atoms with Gasteiger partial charge >= 0.3 is 29.6 Å². The Hall–Kier alpha value is -2.79. The van der Waals surface area contributed by atoms with E-state index in [0.29, 0.717) is 12.0 Å². The second-order valence-electron chi connectivity index (χ2n) is 7.65. The Morgan fingerprint density at radius 2 is 1.88 bits per heavy atom. The molecule has 1 N–H and O–H groups in total. The van der Waals surface area contributed by atoms with E-state index in [2.05, 4.69) is 10.3 Å². The molecule has 0 aliphatic rings. The number of hydrogen-bond acceptors (Lipinski definition) is 6. The van der Waals surface area contributed by atoms with Crippen LogP contribution in [0.4, 0.5) is 4.39 Å². The van der Waals surface area contributed by atoms with Gasteiger partial charge in [-0.1, -0.05) is 17.9 Å². The van der Waals surface area contributed by atoms with Crippen molar-refractivity contribution in [3.8, 4) is 5.75 Å². The summed E-state index contributed by atoms with van der Waals surface area (Å²) in [4.78, 5) is 43.7. The average Bonchev–Trinajstić information content (AvgIpc) is 2.78. The summed E-state index contributed by atoms with van der Waals surface area (Å²) in [5, 5.41) is 15.5. The predicted octanol–water partition coefficient (Wildman–Crippen LogP) is -2.33. The Kier molecular flexibility index (Phi) is 9.75. The number of amides is 2. The van der Waals surface area contributed by atoms with Gasteiger partial charge in [-0.15, -0.1) is 0 Å². The zero-order valence-electron chi connectivity index (χ0n) is 19.6. The summed E-state index contributed by atoms with van der Waals surface area (Å²) in [6.45, 7) is -0.0681. The summed E-state index contributed by atoms with van der Waals surface area (Å²) < 4.78 is 19.2. The third kappa shape index (κ3) is 6.20. The van der Waals surface area contributed by atoms with Gasteiger partial charge in [-0.25, -0.2) is 4.39 Å². The van der Waals surface area contributed by atoms with Crippen LogP contribution in [0.15, 0.2) is 41.3 Å². The molecule has 9 nitrogen and oxygen atoms in total. The van der Waals surface area contributed by atoms with Gasteiger partial charge in [0, 0.05) is 33.9 Å². The Morgan fingerprint density at radius 1 is 1.21 bits per heavy atom. The summed E-state index contributed by atoms with van der Waals surface area (Å²) in [5.41, 5.74) is 0.0139. The molecule has 2 amide bonds. The second kappa shape index (κ2) is 12.1. The van der Waals surface area contributed by atoms with Crippen molar-refractivity contribution < 1.29 is 53.4 Å². The van der Waals surface area contributed by atoms with Gasteiger partial charge in [0.1, 0.15) is 12.4 Å². The second-order valence-corrected chi connectivity index (χ2v) is 7.65. The molecule has 11 heteroatoms. The number of nitrogens with one attached hydrogen (secondary N) is 1. The van der Waals surface area contributed by atoms with E-state index in [9.17, 15) is 23.9 Å². The zero-order chi connectivity index (χ0) is 24.1. The smallest absolute Gasteiger partial charge is 0.870 e. The quantitative estimate of drug-likeness (QED) is 0.287. The first-order valence-corrected chi connectivity index (χ1v) is 10.2. The number of nitrogens with zero attached hydrogens (tertiary/aromatic N) is 3. The van der Waals surface area contributed by atoms with Crippen molar-refractivity contribution in [1.82, 2.24) is 19.8 Å². The molecular weight excluding hydrogens is 454 g/mol. The number of ether oxygens (including phenoxy) is 1. The van der Waals surface area contributed by atoms with Crippen molar-refractivity contribution in [2.45, 2.75) is 13.0 Å². The van der Waals surface area contributed by atoms with Crippen LogP contribution < -0.4 is 45.5 Å². The number of methoxy groups -OCH3 is 1. The molecule has 0 radical (unpaired) electrons. The molecule has 3 aromatic rings. The Balaban J connectivity index is 0.00000408. The van der Waals surface area contributed by atoms with Gasteiger partial charge in [0.2, 0.25) is 5.91 Å². The molecule has 1 aromatic carbocycles. The molecule has 3 rings (SSSR count). The van der Waals surface area contributed by atoms with Gasteiger partial charge in [-0.05, 0) is 35.7 Å². The van der Waals surface area contributed by atoms with Crippen LogP contribution in [0.2, 0.25) is 0 Å². The molecule has 2 heterocycles. The van der Waals surface area contributed by atoms with Gasteiger partial charge in [0.25, 0.3) is 11.5 Å². The fraction of sp³-hybridized carbons (Fsp3) is 0.304. The minimum Gasteiger partial charge on any atom is -0.870 e. The first-order valence-electron chi connectivity index (χ1n) is 10.2. The van der Waals surface area contributed by atoms with Gasteiger partial charge in [0.15, 0.2) is 0 Å². The number of carbonyl (C=O) groups excluding carboxylic acids is 2. The van der Waals surface area contributed by atoms with E-state index < -0.39 is 28.7 Å². The van der Waals surface area contributed by atoms with Crippen LogP contribution in [0.5, 0.6) is 5.75 Å². The van der Waals surface area contributed by atoms with Crippen LogP contribution in [0.1, 0.15) is 21.5 Å². The number of pyridine rings is 2. The van der Waals surface area contributed by atoms with Crippen LogP contribution in [0.25, 0.3) is 11.0 Å². The molecule has 0 fully saturated rings. The summed E-state index contributed by atoms with van der Waals surface area (Å²) in [6.07, 6.45) is 1.83. The molecule has 0 aliphatic heterocycles. The minimum absolute atomic E-state index is 0. The fourth-order valence-electron chi connectivity index (χ4n) is 3.26. The number of hydrogen-bond donors (Lipinski definition) is 1. The van der Waals surface area contributed by atoms with Crippen molar-refractivity contribution >= 4 is 22.8 Å².